The number of pyridine rings is 2. The molecule has 0 saturated carbocycles. The van der Waals surface area contributed by atoms with E-state index in [1.165, 1.54) is 6.07 Å². The Morgan fingerprint density at radius 2 is 1.88 bits per heavy atom. The van der Waals surface area contributed by atoms with Crippen LogP contribution in [-0.2, 0) is 11.0 Å². The van der Waals surface area contributed by atoms with Crippen molar-refractivity contribution in [2.75, 3.05) is 36.4 Å². The van der Waals surface area contributed by atoms with Gasteiger partial charge in [0.25, 0.3) is 0 Å². The third-order valence-corrected chi connectivity index (χ3v) is 5.76. The van der Waals surface area contributed by atoms with Crippen molar-refractivity contribution >= 4 is 28.3 Å². The van der Waals surface area contributed by atoms with Gasteiger partial charge < -0.3 is 10.2 Å². The average Bonchev–Trinajstić information content (AvgIpc) is 3.05. The SMILES string of the molecule is C[C@H](C(=O)Nc1cccc2ncccc12)N1CCCN(c2ccc(C(F)(F)F)cn2)CC1. The van der Waals surface area contributed by atoms with Gasteiger partial charge in [0, 0.05) is 44.0 Å². The molecule has 1 saturated heterocycles. The van der Waals surface area contributed by atoms with Crippen molar-refractivity contribution < 1.29 is 18.0 Å². The highest BCUT2D eigenvalue weighted by atomic mass is 19.4. The molecular formula is C23H24F3N5O. The monoisotopic (exact) mass is 443 g/mol. The van der Waals surface area contributed by atoms with Crippen LogP contribution in [0.3, 0.4) is 0 Å². The van der Waals surface area contributed by atoms with Crippen molar-refractivity contribution in [1.29, 1.82) is 0 Å². The lowest BCUT2D eigenvalue weighted by Gasteiger charge is -2.27. The summed E-state index contributed by atoms with van der Waals surface area (Å²) in [4.78, 5) is 25.3. The summed E-state index contributed by atoms with van der Waals surface area (Å²) in [5.74, 6) is 0.405. The first-order chi connectivity index (χ1) is 15.3. The fourth-order valence-electron chi connectivity index (χ4n) is 3.91. The van der Waals surface area contributed by atoms with Crippen molar-refractivity contribution in [3.05, 3.63) is 60.4 Å². The van der Waals surface area contributed by atoms with Crippen molar-refractivity contribution in [2.45, 2.75) is 25.6 Å². The Morgan fingerprint density at radius 1 is 1.03 bits per heavy atom. The van der Waals surface area contributed by atoms with Crippen LogP contribution in [0.25, 0.3) is 10.9 Å². The van der Waals surface area contributed by atoms with Crippen molar-refractivity contribution in [1.82, 2.24) is 14.9 Å². The smallest absolute Gasteiger partial charge is 0.355 e. The van der Waals surface area contributed by atoms with Crippen molar-refractivity contribution in [3.8, 4) is 0 Å². The first kappa shape index (κ1) is 22.0. The summed E-state index contributed by atoms with van der Waals surface area (Å²) >= 11 is 0. The Balaban J connectivity index is 1.40. The minimum atomic E-state index is -4.40. The maximum absolute atomic E-state index is 12.9. The molecule has 1 atom stereocenters. The third kappa shape index (κ3) is 4.83. The number of halogens is 3. The number of rotatable bonds is 4. The highest BCUT2D eigenvalue weighted by molar-refractivity contribution is 6.02. The minimum absolute atomic E-state index is 0.109. The van der Waals surface area contributed by atoms with E-state index >= 15 is 0 Å². The van der Waals surface area contributed by atoms with Gasteiger partial charge in [-0.3, -0.25) is 14.7 Å². The normalized spacial score (nSPS) is 16.6. The van der Waals surface area contributed by atoms with Crippen LogP contribution in [-0.4, -0.2) is 53.0 Å². The number of benzene rings is 1. The van der Waals surface area contributed by atoms with E-state index in [0.717, 1.165) is 35.3 Å². The summed E-state index contributed by atoms with van der Waals surface area (Å²) in [5, 5.41) is 3.89. The molecule has 32 heavy (non-hydrogen) atoms. The summed E-state index contributed by atoms with van der Waals surface area (Å²) in [5.41, 5.74) is 0.775. The van der Waals surface area contributed by atoms with Crippen LogP contribution >= 0.6 is 0 Å². The van der Waals surface area contributed by atoms with Gasteiger partial charge in [0.05, 0.1) is 22.8 Å². The molecule has 2 aromatic heterocycles. The number of carbonyl (C=O) groups excluding carboxylic acids is 1. The third-order valence-electron chi connectivity index (χ3n) is 5.76. The number of nitrogens with zero attached hydrogens (tertiary/aromatic N) is 4. The molecule has 3 heterocycles. The van der Waals surface area contributed by atoms with Gasteiger partial charge in [-0.1, -0.05) is 6.07 Å². The Hall–Kier alpha value is -3.20. The zero-order valence-electron chi connectivity index (χ0n) is 17.6. The Labute approximate surface area is 184 Å². The maximum Gasteiger partial charge on any atom is 0.417 e. The molecule has 1 aromatic carbocycles. The average molecular weight is 443 g/mol. The molecule has 1 aliphatic rings. The molecule has 6 nitrogen and oxygen atoms in total. The van der Waals surface area contributed by atoms with Crippen LogP contribution in [0.5, 0.6) is 0 Å². The molecular weight excluding hydrogens is 419 g/mol. The maximum atomic E-state index is 12.9. The highest BCUT2D eigenvalue weighted by Gasteiger charge is 2.31. The zero-order valence-corrected chi connectivity index (χ0v) is 17.6. The second-order valence-corrected chi connectivity index (χ2v) is 7.82. The van der Waals surface area contributed by atoms with Gasteiger partial charge in [-0.2, -0.15) is 13.2 Å². The summed E-state index contributed by atoms with van der Waals surface area (Å²) < 4.78 is 38.4. The number of alkyl halides is 3. The fourth-order valence-corrected chi connectivity index (χ4v) is 3.91. The van der Waals surface area contributed by atoms with E-state index in [1.54, 1.807) is 6.20 Å². The number of fused-ring (bicyclic) bond motifs is 1. The Bertz CT molecular complexity index is 1080. The van der Waals surface area contributed by atoms with E-state index in [0.29, 0.717) is 32.0 Å². The molecule has 0 bridgehead atoms. The molecule has 9 heteroatoms. The quantitative estimate of drug-likeness (QED) is 0.655. The van der Waals surface area contributed by atoms with Crippen LogP contribution in [0.4, 0.5) is 24.7 Å². The molecule has 0 spiro atoms. The molecule has 1 amide bonds. The zero-order chi connectivity index (χ0) is 22.7. The summed E-state index contributed by atoms with van der Waals surface area (Å²) in [7, 11) is 0. The van der Waals surface area contributed by atoms with Gasteiger partial charge in [-0.25, -0.2) is 4.98 Å². The van der Waals surface area contributed by atoms with E-state index in [9.17, 15) is 18.0 Å². The number of aromatic nitrogens is 2. The van der Waals surface area contributed by atoms with Gasteiger partial charge in [0.1, 0.15) is 5.82 Å². The van der Waals surface area contributed by atoms with E-state index in [2.05, 4.69) is 20.2 Å². The predicted molar refractivity (Wildman–Crippen MR) is 117 cm³/mol. The standard InChI is InChI=1S/C23H24F3N5O/c1-16(22(32)29-20-7-2-6-19-18(20)5-3-10-27-19)30-11-4-12-31(14-13-30)21-9-8-17(15-28-21)23(24,25)26/h2-3,5-10,15-16H,4,11-14H2,1H3,(H,29,32)/t16-/m1/s1. The molecule has 0 aliphatic carbocycles. The van der Waals surface area contributed by atoms with Gasteiger partial charge >= 0.3 is 6.18 Å². The van der Waals surface area contributed by atoms with E-state index in [-0.39, 0.29) is 11.9 Å². The number of hydrogen-bond acceptors (Lipinski definition) is 5. The molecule has 1 aliphatic heterocycles. The van der Waals surface area contributed by atoms with Crippen LogP contribution in [0.2, 0.25) is 0 Å². The van der Waals surface area contributed by atoms with Crippen molar-refractivity contribution in [3.63, 3.8) is 0 Å². The summed E-state index contributed by atoms with van der Waals surface area (Å²) in [6, 6.07) is 11.5. The second kappa shape index (κ2) is 9.12. The molecule has 0 unspecified atom stereocenters. The summed E-state index contributed by atoms with van der Waals surface area (Å²) in [6.07, 6.45) is -1.04. The number of hydrogen-bond donors (Lipinski definition) is 1. The number of anilines is 2. The largest absolute Gasteiger partial charge is 0.417 e. The van der Waals surface area contributed by atoms with Gasteiger partial charge in [-0.05, 0) is 49.7 Å². The van der Waals surface area contributed by atoms with Crippen LogP contribution < -0.4 is 10.2 Å². The van der Waals surface area contributed by atoms with E-state index in [1.807, 2.05) is 42.2 Å². The number of amides is 1. The molecule has 3 aromatic rings. The molecule has 1 N–H and O–H groups in total. The summed E-state index contributed by atoms with van der Waals surface area (Å²) in [6.45, 7) is 4.42. The fraction of sp³-hybridized carbons (Fsp3) is 0.348. The molecule has 0 radical (unpaired) electrons. The number of nitrogens with one attached hydrogen (secondary N) is 1. The first-order valence-corrected chi connectivity index (χ1v) is 10.5. The molecule has 168 valence electrons. The Morgan fingerprint density at radius 3 is 2.62 bits per heavy atom. The van der Waals surface area contributed by atoms with Gasteiger partial charge in [0.2, 0.25) is 5.91 Å². The van der Waals surface area contributed by atoms with Crippen molar-refractivity contribution in [2.24, 2.45) is 0 Å². The first-order valence-electron chi connectivity index (χ1n) is 10.5. The lowest BCUT2D eigenvalue weighted by Crippen LogP contribution is -2.44. The van der Waals surface area contributed by atoms with Crippen LogP contribution in [0.1, 0.15) is 18.9 Å². The second-order valence-electron chi connectivity index (χ2n) is 7.82. The van der Waals surface area contributed by atoms with Crippen LogP contribution in [0.15, 0.2) is 54.9 Å². The van der Waals surface area contributed by atoms with E-state index in [4.69, 9.17) is 0 Å². The topological polar surface area (TPSA) is 61.4 Å². The lowest BCUT2D eigenvalue weighted by atomic mass is 10.1. The minimum Gasteiger partial charge on any atom is -0.355 e. The predicted octanol–water partition coefficient (Wildman–Crippen LogP) is 4.19. The number of carbonyl (C=O) groups is 1. The molecule has 1 fully saturated rings. The van der Waals surface area contributed by atoms with Crippen LogP contribution in [0, 0.1) is 0 Å². The lowest BCUT2D eigenvalue weighted by molar-refractivity contribution is -0.137. The van der Waals surface area contributed by atoms with Gasteiger partial charge in [0.15, 0.2) is 0 Å². The highest BCUT2D eigenvalue weighted by Crippen LogP contribution is 2.29. The Kier molecular flexibility index (Phi) is 6.27. The molecule has 4 rings (SSSR count). The van der Waals surface area contributed by atoms with E-state index < -0.39 is 11.7 Å². The van der Waals surface area contributed by atoms with Gasteiger partial charge in [-0.15, -0.1) is 0 Å².